The maximum absolute atomic E-state index is 12.5. The molecule has 6 heteroatoms. The zero-order chi connectivity index (χ0) is 14.6. The number of nitrogens with one attached hydrogen (secondary N) is 1. The number of hydrogen-bond acceptors (Lipinski definition) is 2. The Morgan fingerprint density at radius 2 is 2.20 bits per heavy atom. The van der Waals surface area contributed by atoms with Gasteiger partial charge in [0.1, 0.15) is 5.66 Å². The molecule has 108 valence electrons. The van der Waals surface area contributed by atoms with E-state index in [1.165, 1.54) is 0 Å². The highest BCUT2D eigenvalue weighted by Gasteiger charge is 2.59. The van der Waals surface area contributed by atoms with Crippen LogP contribution in [0.4, 0.5) is 13.2 Å². The van der Waals surface area contributed by atoms with Crippen molar-refractivity contribution in [3.8, 4) is 0 Å². The van der Waals surface area contributed by atoms with Gasteiger partial charge in [-0.1, -0.05) is 25.2 Å². The first-order chi connectivity index (χ1) is 9.28. The quantitative estimate of drug-likeness (QED) is 0.790. The van der Waals surface area contributed by atoms with E-state index >= 15 is 0 Å². The standard InChI is InChI=1S/C14H15F3N2O/c1-12-7-3-2-6-10(12)18-13(8-4-5-9(12)13)19-11(20)14(15,16)17/h2-3,6-7,9H,4-5,8H2,1H3,(H,19,20)/t9-,12+,13+/m1/s1. The average Bonchev–Trinajstić information content (AvgIpc) is 2.83. The summed E-state index contributed by atoms with van der Waals surface area (Å²) < 4.78 is 37.6. The van der Waals surface area contributed by atoms with Crippen LogP contribution in [0.3, 0.4) is 0 Å². The van der Waals surface area contributed by atoms with E-state index in [4.69, 9.17) is 0 Å². The van der Waals surface area contributed by atoms with Gasteiger partial charge in [-0.2, -0.15) is 13.2 Å². The predicted octanol–water partition coefficient (Wildman–Crippen LogP) is 2.75. The van der Waals surface area contributed by atoms with Gasteiger partial charge < -0.3 is 5.32 Å². The predicted molar refractivity (Wildman–Crippen MR) is 68.1 cm³/mol. The lowest BCUT2D eigenvalue weighted by molar-refractivity contribution is -0.176. The molecule has 0 unspecified atom stereocenters. The van der Waals surface area contributed by atoms with E-state index in [2.05, 4.69) is 10.3 Å². The van der Waals surface area contributed by atoms with E-state index in [0.717, 1.165) is 18.6 Å². The fourth-order valence-corrected chi connectivity index (χ4v) is 3.70. The molecule has 20 heavy (non-hydrogen) atoms. The molecule has 0 aromatic rings. The van der Waals surface area contributed by atoms with Gasteiger partial charge in [-0.3, -0.25) is 9.79 Å². The number of allylic oxidation sites excluding steroid dienone is 4. The number of alkyl halides is 3. The van der Waals surface area contributed by atoms with E-state index in [1.54, 1.807) is 0 Å². The van der Waals surface area contributed by atoms with E-state index < -0.39 is 17.7 Å². The van der Waals surface area contributed by atoms with Crippen molar-refractivity contribution in [1.29, 1.82) is 0 Å². The largest absolute Gasteiger partial charge is 0.471 e. The van der Waals surface area contributed by atoms with Gasteiger partial charge in [0.15, 0.2) is 0 Å². The smallest absolute Gasteiger partial charge is 0.324 e. The molecular formula is C14H15F3N2O. The van der Waals surface area contributed by atoms with Crippen LogP contribution in [-0.2, 0) is 4.79 Å². The van der Waals surface area contributed by atoms with Crippen molar-refractivity contribution in [3.05, 3.63) is 24.3 Å². The zero-order valence-corrected chi connectivity index (χ0v) is 11.0. The number of amides is 1. The van der Waals surface area contributed by atoms with Crippen LogP contribution in [0.15, 0.2) is 29.3 Å². The van der Waals surface area contributed by atoms with Gasteiger partial charge in [0.2, 0.25) is 0 Å². The minimum atomic E-state index is -4.87. The number of halogens is 3. The highest BCUT2D eigenvalue weighted by molar-refractivity contribution is 6.04. The molecule has 0 spiro atoms. The van der Waals surface area contributed by atoms with E-state index in [-0.39, 0.29) is 11.3 Å². The molecule has 1 saturated carbocycles. The molecule has 3 rings (SSSR count). The Kier molecular flexibility index (Phi) is 2.65. The minimum absolute atomic E-state index is 0.113. The Bertz CT molecular complexity index is 549. The molecular weight excluding hydrogens is 269 g/mol. The number of aliphatic imine (C=N–C) groups is 1. The van der Waals surface area contributed by atoms with Gasteiger partial charge in [0, 0.05) is 17.0 Å². The maximum atomic E-state index is 12.5. The van der Waals surface area contributed by atoms with Gasteiger partial charge in [0.25, 0.3) is 0 Å². The lowest BCUT2D eigenvalue weighted by Gasteiger charge is -2.35. The topological polar surface area (TPSA) is 41.5 Å². The van der Waals surface area contributed by atoms with E-state index in [0.29, 0.717) is 6.42 Å². The van der Waals surface area contributed by atoms with Crippen LogP contribution in [0, 0.1) is 11.3 Å². The van der Waals surface area contributed by atoms with Crippen LogP contribution in [-0.4, -0.2) is 23.5 Å². The molecule has 1 aliphatic heterocycles. The van der Waals surface area contributed by atoms with Crippen LogP contribution >= 0.6 is 0 Å². The number of hydrogen-bond donors (Lipinski definition) is 1. The minimum Gasteiger partial charge on any atom is -0.324 e. The summed E-state index contributed by atoms with van der Waals surface area (Å²) in [5.74, 6) is -2.01. The molecule has 0 saturated heterocycles. The second-order valence-corrected chi connectivity index (χ2v) is 5.82. The summed E-state index contributed by atoms with van der Waals surface area (Å²) in [4.78, 5) is 15.8. The van der Waals surface area contributed by atoms with Crippen LogP contribution in [0.1, 0.15) is 26.2 Å². The lowest BCUT2D eigenvalue weighted by atomic mass is 9.70. The maximum Gasteiger partial charge on any atom is 0.471 e. The van der Waals surface area contributed by atoms with Gasteiger partial charge in [0.05, 0.1) is 0 Å². The summed E-state index contributed by atoms with van der Waals surface area (Å²) >= 11 is 0. The highest BCUT2D eigenvalue weighted by Crippen LogP contribution is 2.54. The molecule has 1 heterocycles. The van der Waals surface area contributed by atoms with Crippen LogP contribution < -0.4 is 5.32 Å². The third-order valence-electron chi connectivity index (χ3n) is 4.62. The van der Waals surface area contributed by atoms with Crippen molar-refractivity contribution in [2.75, 3.05) is 0 Å². The molecule has 0 bridgehead atoms. The molecule has 1 fully saturated rings. The Balaban J connectivity index is 1.97. The van der Waals surface area contributed by atoms with Gasteiger partial charge in [-0.25, -0.2) is 0 Å². The first kappa shape index (κ1) is 13.4. The molecule has 1 N–H and O–H groups in total. The number of fused-ring (bicyclic) bond motifs is 3. The number of carbonyl (C=O) groups excluding carboxylic acids is 1. The third kappa shape index (κ3) is 1.73. The fraction of sp³-hybridized carbons (Fsp3) is 0.571. The number of nitrogens with zero attached hydrogens (tertiary/aromatic N) is 1. The van der Waals surface area contributed by atoms with Gasteiger partial charge in [-0.05, 0) is 25.3 Å². The summed E-state index contributed by atoms with van der Waals surface area (Å²) in [5.41, 5.74) is -0.730. The van der Waals surface area contributed by atoms with Crippen molar-refractivity contribution < 1.29 is 18.0 Å². The van der Waals surface area contributed by atoms with Crippen LogP contribution in [0.5, 0.6) is 0 Å². The van der Waals surface area contributed by atoms with Crippen molar-refractivity contribution in [3.63, 3.8) is 0 Å². The molecule has 3 nitrogen and oxygen atoms in total. The average molecular weight is 284 g/mol. The molecule has 2 aliphatic carbocycles. The molecule has 0 aromatic carbocycles. The summed E-state index contributed by atoms with van der Waals surface area (Å²) in [6, 6.07) is 0. The number of rotatable bonds is 1. The second kappa shape index (κ2) is 3.96. The van der Waals surface area contributed by atoms with Crippen molar-refractivity contribution in [2.45, 2.75) is 38.0 Å². The van der Waals surface area contributed by atoms with Gasteiger partial charge in [-0.15, -0.1) is 0 Å². The second-order valence-electron chi connectivity index (χ2n) is 5.82. The van der Waals surface area contributed by atoms with Crippen molar-refractivity contribution in [1.82, 2.24) is 5.32 Å². The Morgan fingerprint density at radius 1 is 1.45 bits per heavy atom. The SMILES string of the molecule is C[C@@]12C=CC=CC1=N[C@]1(NC(=O)C(F)(F)F)CCC[C@@H]12. The monoisotopic (exact) mass is 284 g/mol. The lowest BCUT2D eigenvalue weighted by Crippen LogP contribution is -2.54. The summed E-state index contributed by atoms with van der Waals surface area (Å²) in [5, 5.41) is 2.16. The molecule has 1 amide bonds. The van der Waals surface area contributed by atoms with E-state index in [9.17, 15) is 18.0 Å². The van der Waals surface area contributed by atoms with Crippen molar-refractivity contribution >= 4 is 11.6 Å². The van der Waals surface area contributed by atoms with Crippen LogP contribution in [0.2, 0.25) is 0 Å². The first-order valence-corrected chi connectivity index (χ1v) is 6.63. The normalized spacial score (nSPS) is 38.4. The Morgan fingerprint density at radius 3 is 2.90 bits per heavy atom. The molecule has 0 aromatic heterocycles. The highest BCUT2D eigenvalue weighted by atomic mass is 19.4. The number of carbonyl (C=O) groups is 1. The van der Waals surface area contributed by atoms with Crippen molar-refractivity contribution in [2.24, 2.45) is 16.3 Å². The fourth-order valence-electron chi connectivity index (χ4n) is 3.70. The first-order valence-electron chi connectivity index (χ1n) is 6.63. The summed E-state index contributed by atoms with van der Waals surface area (Å²) in [6.45, 7) is 1.98. The van der Waals surface area contributed by atoms with E-state index in [1.807, 2.05) is 31.2 Å². The third-order valence-corrected chi connectivity index (χ3v) is 4.62. The molecule has 0 radical (unpaired) electrons. The molecule has 3 atom stereocenters. The Labute approximate surface area is 114 Å². The zero-order valence-electron chi connectivity index (χ0n) is 11.0. The van der Waals surface area contributed by atoms with Gasteiger partial charge >= 0.3 is 12.1 Å². The van der Waals surface area contributed by atoms with Crippen LogP contribution in [0.25, 0.3) is 0 Å². The summed E-state index contributed by atoms with van der Waals surface area (Å²) in [6.07, 6.45) is 4.62. The summed E-state index contributed by atoms with van der Waals surface area (Å²) in [7, 11) is 0. The Hall–Kier alpha value is -1.59. The molecule has 3 aliphatic rings.